The lowest BCUT2D eigenvalue weighted by Gasteiger charge is -2.23. The summed E-state index contributed by atoms with van der Waals surface area (Å²) in [6.07, 6.45) is 0. The van der Waals surface area contributed by atoms with Gasteiger partial charge in [-0.1, -0.05) is 12.1 Å². The maximum Gasteiger partial charge on any atom is 0.337 e. The summed E-state index contributed by atoms with van der Waals surface area (Å²) >= 11 is 0. The molecule has 10 heteroatoms. The van der Waals surface area contributed by atoms with E-state index in [4.69, 9.17) is 19.2 Å². The Kier molecular flexibility index (Phi) is 7.38. The van der Waals surface area contributed by atoms with Crippen molar-refractivity contribution in [2.45, 2.75) is 18.0 Å². The molecule has 0 saturated carbocycles. The van der Waals surface area contributed by atoms with Crippen LogP contribution < -0.4 is 10.4 Å². The second-order valence-electron chi connectivity index (χ2n) is 8.05. The average molecular weight is 519 g/mol. The van der Waals surface area contributed by atoms with Crippen LogP contribution in [0.25, 0.3) is 11.0 Å². The maximum atomic E-state index is 13.7. The molecule has 0 aliphatic rings. The van der Waals surface area contributed by atoms with Crippen molar-refractivity contribution in [3.05, 3.63) is 105 Å². The predicted octanol–water partition coefficient (Wildman–Crippen LogP) is 3.85. The molecule has 0 unspecified atom stereocenters. The first-order chi connectivity index (χ1) is 17.7. The quantitative estimate of drug-likeness (QED) is 0.254. The summed E-state index contributed by atoms with van der Waals surface area (Å²) in [6.45, 7) is -0.197. The molecular formula is C27H22N2O7S. The van der Waals surface area contributed by atoms with E-state index in [1.807, 2.05) is 6.07 Å². The SMILES string of the molecule is COC(=O)c1ccc(CN(Cc2cc(=O)oc3cc(OC)ccc23)S(=O)(=O)c2ccc(C#N)cc2)cc1. The van der Waals surface area contributed by atoms with E-state index in [0.29, 0.717) is 33.4 Å². The molecule has 4 aromatic rings. The molecule has 0 saturated heterocycles. The Morgan fingerprint density at radius 1 is 0.973 bits per heavy atom. The van der Waals surface area contributed by atoms with E-state index in [1.54, 1.807) is 42.5 Å². The highest BCUT2D eigenvalue weighted by Crippen LogP contribution is 2.27. The third kappa shape index (κ3) is 5.53. The van der Waals surface area contributed by atoms with Gasteiger partial charge in [-0.3, -0.25) is 0 Å². The van der Waals surface area contributed by atoms with Crippen LogP contribution in [-0.2, 0) is 27.8 Å². The fourth-order valence-corrected chi connectivity index (χ4v) is 5.21. The Balaban J connectivity index is 1.78. The van der Waals surface area contributed by atoms with Gasteiger partial charge in [-0.05, 0) is 59.7 Å². The van der Waals surface area contributed by atoms with Gasteiger partial charge in [0.25, 0.3) is 0 Å². The molecule has 3 aromatic carbocycles. The first kappa shape index (κ1) is 25.6. The minimum Gasteiger partial charge on any atom is -0.497 e. The lowest BCUT2D eigenvalue weighted by molar-refractivity contribution is 0.0600. The fourth-order valence-electron chi connectivity index (χ4n) is 3.80. The molecule has 0 spiro atoms. The Labute approximate surface area is 213 Å². The van der Waals surface area contributed by atoms with Gasteiger partial charge in [-0.15, -0.1) is 0 Å². The molecule has 0 aliphatic carbocycles. The van der Waals surface area contributed by atoms with Gasteiger partial charge < -0.3 is 13.9 Å². The van der Waals surface area contributed by atoms with Crippen LogP contribution >= 0.6 is 0 Å². The second kappa shape index (κ2) is 10.7. The Morgan fingerprint density at radius 2 is 1.68 bits per heavy atom. The molecule has 9 nitrogen and oxygen atoms in total. The van der Waals surface area contributed by atoms with Gasteiger partial charge in [0.2, 0.25) is 10.0 Å². The first-order valence-electron chi connectivity index (χ1n) is 11.0. The number of benzene rings is 3. The van der Waals surface area contributed by atoms with Crippen molar-refractivity contribution in [2.75, 3.05) is 14.2 Å². The van der Waals surface area contributed by atoms with Crippen molar-refractivity contribution in [3.8, 4) is 11.8 Å². The molecule has 0 radical (unpaired) electrons. The Bertz CT molecular complexity index is 1650. The zero-order valence-electron chi connectivity index (χ0n) is 20.0. The molecule has 1 aromatic heterocycles. The van der Waals surface area contributed by atoms with Crippen molar-refractivity contribution >= 4 is 27.0 Å². The van der Waals surface area contributed by atoms with Crippen LogP contribution in [0.3, 0.4) is 0 Å². The molecular weight excluding hydrogens is 496 g/mol. The fraction of sp³-hybridized carbons (Fsp3) is 0.148. The number of carbonyl (C=O) groups excluding carboxylic acids is 1. The lowest BCUT2D eigenvalue weighted by atomic mass is 10.1. The second-order valence-corrected chi connectivity index (χ2v) is 9.99. The van der Waals surface area contributed by atoms with E-state index in [2.05, 4.69) is 0 Å². The van der Waals surface area contributed by atoms with Crippen LogP contribution in [0.15, 0.2) is 86.9 Å². The van der Waals surface area contributed by atoms with Gasteiger partial charge in [-0.25, -0.2) is 18.0 Å². The zero-order chi connectivity index (χ0) is 26.6. The molecule has 37 heavy (non-hydrogen) atoms. The van der Waals surface area contributed by atoms with Gasteiger partial charge in [0.05, 0.1) is 36.3 Å². The van der Waals surface area contributed by atoms with Crippen molar-refractivity contribution in [2.24, 2.45) is 0 Å². The van der Waals surface area contributed by atoms with Gasteiger partial charge in [-0.2, -0.15) is 9.57 Å². The molecule has 4 rings (SSSR count). The number of ether oxygens (including phenoxy) is 2. The van der Waals surface area contributed by atoms with E-state index in [9.17, 15) is 18.0 Å². The minimum atomic E-state index is -4.07. The average Bonchev–Trinajstić information content (AvgIpc) is 2.92. The van der Waals surface area contributed by atoms with Gasteiger partial charge in [0.1, 0.15) is 11.3 Å². The highest BCUT2D eigenvalue weighted by molar-refractivity contribution is 7.89. The summed E-state index contributed by atoms with van der Waals surface area (Å²) in [6, 6.07) is 20.1. The standard InChI is InChI=1S/C27H22N2O7S/c1-34-22-9-12-24-21(13-26(30)36-25(24)14-22)17-29(16-19-3-7-20(8-4-19)27(31)35-2)37(32,33)23-10-5-18(15-28)6-11-23/h3-14H,16-17H2,1-2H3. The van der Waals surface area contributed by atoms with E-state index in [0.717, 1.165) is 0 Å². The van der Waals surface area contributed by atoms with Gasteiger partial charge in [0, 0.05) is 30.6 Å². The van der Waals surface area contributed by atoms with Crippen LogP contribution in [-0.4, -0.2) is 32.9 Å². The molecule has 0 aliphatic heterocycles. The number of nitriles is 1. The van der Waals surface area contributed by atoms with E-state index in [1.165, 1.54) is 48.9 Å². The topological polar surface area (TPSA) is 127 Å². The van der Waals surface area contributed by atoms with Gasteiger partial charge in [0.15, 0.2) is 0 Å². The van der Waals surface area contributed by atoms with Crippen molar-refractivity contribution < 1.29 is 27.1 Å². The van der Waals surface area contributed by atoms with Crippen LogP contribution in [0.4, 0.5) is 0 Å². The smallest absolute Gasteiger partial charge is 0.337 e. The monoisotopic (exact) mass is 518 g/mol. The summed E-state index contributed by atoms with van der Waals surface area (Å²) in [4.78, 5) is 24.1. The third-order valence-corrected chi connectivity index (χ3v) is 7.55. The van der Waals surface area contributed by atoms with Crippen molar-refractivity contribution in [1.29, 1.82) is 5.26 Å². The van der Waals surface area contributed by atoms with Crippen LogP contribution in [0.5, 0.6) is 5.75 Å². The predicted molar refractivity (Wildman–Crippen MR) is 134 cm³/mol. The minimum absolute atomic E-state index is 0.00776. The summed E-state index contributed by atoms with van der Waals surface area (Å²) in [7, 11) is -1.31. The zero-order valence-corrected chi connectivity index (χ0v) is 20.8. The third-order valence-electron chi connectivity index (χ3n) is 5.74. The Hall–Kier alpha value is -4.46. The summed E-state index contributed by atoms with van der Waals surface area (Å²) in [5, 5.41) is 9.64. The van der Waals surface area contributed by atoms with Crippen molar-refractivity contribution in [1.82, 2.24) is 4.31 Å². The lowest BCUT2D eigenvalue weighted by Crippen LogP contribution is -2.30. The number of methoxy groups -OCH3 is 2. The highest BCUT2D eigenvalue weighted by atomic mass is 32.2. The summed E-state index contributed by atoms with van der Waals surface area (Å²) in [5.41, 5.74) is 1.34. The summed E-state index contributed by atoms with van der Waals surface area (Å²) < 4.78 is 43.9. The molecule has 1 heterocycles. The largest absolute Gasteiger partial charge is 0.497 e. The number of sulfonamides is 1. The normalized spacial score (nSPS) is 11.3. The molecule has 188 valence electrons. The summed E-state index contributed by atoms with van der Waals surface area (Å²) in [5.74, 6) is -0.0212. The molecule has 0 fully saturated rings. The van der Waals surface area contributed by atoms with Gasteiger partial charge >= 0.3 is 11.6 Å². The first-order valence-corrected chi connectivity index (χ1v) is 12.5. The maximum absolute atomic E-state index is 13.7. The van der Waals surface area contributed by atoms with Crippen molar-refractivity contribution in [3.63, 3.8) is 0 Å². The molecule has 0 atom stereocenters. The van der Waals surface area contributed by atoms with E-state index >= 15 is 0 Å². The van der Waals surface area contributed by atoms with E-state index in [-0.39, 0.29) is 23.6 Å². The molecule has 0 N–H and O–H groups in total. The number of hydrogen-bond acceptors (Lipinski definition) is 8. The van der Waals surface area contributed by atoms with Crippen LogP contribution in [0.2, 0.25) is 0 Å². The highest BCUT2D eigenvalue weighted by Gasteiger charge is 2.26. The van der Waals surface area contributed by atoms with Crippen LogP contribution in [0.1, 0.15) is 27.0 Å². The Morgan fingerprint density at radius 3 is 2.30 bits per heavy atom. The molecule has 0 bridgehead atoms. The molecule has 0 amide bonds. The number of carbonyl (C=O) groups is 1. The van der Waals surface area contributed by atoms with E-state index < -0.39 is 21.6 Å². The number of esters is 1. The number of hydrogen-bond donors (Lipinski definition) is 0. The number of rotatable bonds is 8. The van der Waals surface area contributed by atoms with Crippen LogP contribution in [0, 0.1) is 11.3 Å². The number of fused-ring (bicyclic) bond motifs is 1. The number of nitrogens with zero attached hydrogens (tertiary/aromatic N) is 2.